The second-order valence-corrected chi connectivity index (χ2v) is 8.96. The van der Waals surface area contributed by atoms with E-state index in [-0.39, 0.29) is 23.3 Å². The van der Waals surface area contributed by atoms with Crippen molar-refractivity contribution in [1.29, 1.82) is 0 Å². The van der Waals surface area contributed by atoms with E-state index < -0.39 is 10.0 Å². The molecule has 10 heteroatoms. The number of aryl methyl sites for hydroxylation is 3. The van der Waals surface area contributed by atoms with Crippen molar-refractivity contribution in [2.75, 3.05) is 13.1 Å². The van der Waals surface area contributed by atoms with Crippen LogP contribution in [0.25, 0.3) is 0 Å². The smallest absolute Gasteiger partial charge is 0.246 e. The van der Waals surface area contributed by atoms with Gasteiger partial charge in [-0.05, 0) is 26.7 Å². The molecule has 0 saturated carbocycles. The minimum atomic E-state index is -3.65. The first-order chi connectivity index (χ1) is 12.7. The first-order valence-corrected chi connectivity index (χ1v) is 10.4. The largest absolute Gasteiger partial charge is 0.352 e. The monoisotopic (exact) mass is 394 g/mol. The number of nitrogens with zero attached hydrogens (tertiary/aromatic N) is 5. The lowest BCUT2D eigenvalue weighted by molar-refractivity contribution is -0.126. The predicted molar refractivity (Wildman–Crippen MR) is 99.2 cm³/mol. The third-order valence-electron chi connectivity index (χ3n) is 5.13. The van der Waals surface area contributed by atoms with E-state index in [2.05, 4.69) is 15.5 Å². The Kier molecular flexibility index (Phi) is 5.38. The molecule has 1 N–H and O–H groups in total. The molecule has 1 aliphatic heterocycles. The van der Waals surface area contributed by atoms with Crippen molar-refractivity contribution in [3.05, 3.63) is 29.3 Å². The van der Waals surface area contributed by atoms with Crippen molar-refractivity contribution in [2.45, 2.75) is 38.1 Å². The number of rotatable bonds is 5. The lowest BCUT2D eigenvalue weighted by Crippen LogP contribution is -2.45. The molecule has 2 aromatic heterocycles. The van der Waals surface area contributed by atoms with Crippen LogP contribution in [0, 0.1) is 19.8 Å². The lowest BCUT2D eigenvalue weighted by Gasteiger charge is -2.31. The van der Waals surface area contributed by atoms with Crippen molar-refractivity contribution in [3.63, 3.8) is 0 Å². The highest BCUT2D eigenvalue weighted by Gasteiger charge is 2.34. The van der Waals surface area contributed by atoms with Crippen LogP contribution in [0.1, 0.15) is 29.8 Å². The Morgan fingerprint density at radius 2 is 2.07 bits per heavy atom. The van der Waals surface area contributed by atoms with Crippen LogP contribution >= 0.6 is 0 Å². The average Bonchev–Trinajstić information content (AvgIpc) is 3.14. The highest BCUT2D eigenvalue weighted by Crippen LogP contribution is 2.25. The maximum atomic E-state index is 12.9. The Morgan fingerprint density at radius 3 is 2.67 bits per heavy atom. The zero-order chi connectivity index (χ0) is 19.8. The molecule has 0 bridgehead atoms. The molecule has 9 nitrogen and oxygen atoms in total. The summed E-state index contributed by atoms with van der Waals surface area (Å²) in [5.41, 5.74) is 2.42. The quantitative estimate of drug-likeness (QED) is 0.795. The van der Waals surface area contributed by atoms with Gasteiger partial charge in [0.15, 0.2) is 0 Å². The van der Waals surface area contributed by atoms with Crippen LogP contribution in [0.4, 0.5) is 0 Å². The second kappa shape index (κ2) is 7.43. The predicted octanol–water partition coefficient (Wildman–Crippen LogP) is 0.488. The molecule has 1 atom stereocenters. The molecule has 27 heavy (non-hydrogen) atoms. The van der Waals surface area contributed by atoms with Crippen LogP contribution in [-0.4, -0.2) is 51.3 Å². The fraction of sp³-hybridized carbons (Fsp3) is 0.588. The third-order valence-corrected chi connectivity index (χ3v) is 7.10. The van der Waals surface area contributed by atoms with Gasteiger partial charge in [0.1, 0.15) is 4.90 Å². The summed E-state index contributed by atoms with van der Waals surface area (Å²) in [7, 11) is -0.107. The summed E-state index contributed by atoms with van der Waals surface area (Å²) in [5, 5.41) is 11.2. The van der Waals surface area contributed by atoms with Crippen molar-refractivity contribution in [2.24, 2.45) is 20.0 Å². The maximum absolute atomic E-state index is 12.9. The van der Waals surface area contributed by atoms with E-state index in [4.69, 9.17) is 0 Å². The van der Waals surface area contributed by atoms with E-state index in [0.717, 1.165) is 11.3 Å². The summed E-state index contributed by atoms with van der Waals surface area (Å²) in [5.74, 6) is -0.483. The number of carbonyl (C=O) groups excluding carboxylic acids is 1. The summed E-state index contributed by atoms with van der Waals surface area (Å²) in [6.45, 7) is 4.62. The van der Waals surface area contributed by atoms with Gasteiger partial charge in [0.25, 0.3) is 0 Å². The van der Waals surface area contributed by atoms with Gasteiger partial charge in [0.05, 0.1) is 23.5 Å². The summed E-state index contributed by atoms with van der Waals surface area (Å²) in [6, 6.07) is 0. The van der Waals surface area contributed by atoms with Crippen molar-refractivity contribution in [3.8, 4) is 0 Å². The molecule has 0 spiro atoms. The van der Waals surface area contributed by atoms with Gasteiger partial charge < -0.3 is 5.32 Å². The first-order valence-electron chi connectivity index (χ1n) is 8.95. The van der Waals surface area contributed by atoms with E-state index in [1.54, 1.807) is 18.7 Å². The Bertz CT molecular complexity index is 946. The maximum Gasteiger partial charge on any atom is 0.246 e. The number of sulfonamides is 1. The van der Waals surface area contributed by atoms with Crippen LogP contribution in [0.15, 0.2) is 17.3 Å². The SMILES string of the molecule is Cc1nn(C)cc1CNC(=O)C1CCCN(S(=O)(=O)c2cnn(C)c2C)C1. The number of hydrogen-bond acceptors (Lipinski definition) is 5. The second-order valence-electron chi connectivity index (χ2n) is 7.05. The van der Waals surface area contributed by atoms with E-state index in [1.807, 2.05) is 20.2 Å². The van der Waals surface area contributed by atoms with Gasteiger partial charge in [-0.25, -0.2) is 8.42 Å². The highest BCUT2D eigenvalue weighted by molar-refractivity contribution is 7.89. The van der Waals surface area contributed by atoms with Gasteiger partial charge >= 0.3 is 0 Å². The van der Waals surface area contributed by atoms with E-state index in [0.29, 0.717) is 31.6 Å². The molecule has 1 aliphatic rings. The van der Waals surface area contributed by atoms with Gasteiger partial charge in [-0.1, -0.05) is 0 Å². The number of hydrogen-bond donors (Lipinski definition) is 1. The molecule has 0 aromatic carbocycles. The number of nitrogens with one attached hydrogen (secondary N) is 1. The molecule has 0 radical (unpaired) electrons. The summed E-state index contributed by atoms with van der Waals surface area (Å²) in [6.07, 6.45) is 4.58. The number of piperidine rings is 1. The fourth-order valence-electron chi connectivity index (χ4n) is 3.39. The lowest BCUT2D eigenvalue weighted by atomic mass is 9.99. The average molecular weight is 395 g/mol. The van der Waals surface area contributed by atoms with Gasteiger partial charge in [0.2, 0.25) is 15.9 Å². The molecule has 148 valence electrons. The van der Waals surface area contributed by atoms with Crippen LogP contribution in [0.3, 0.4) is 0 Å². The summed E-state index contributed by atoms with van der Waals surface area (Å²) in [4.78, 5) is 12.8. The van der Waals surface area contributed by atoms with Crippen LogP contribution in [0.5, 0.6) is 0 Å². The van der Waals surface area contributed by atoms with Gasteiger partial charge in [0, 0.05) is 45.5 Å². The number of amides is 1. The third kappa shape index (κ3) is 3.91. The zero-order valence-corrected chi connectivity index (χ0v) is 17.0. The summed E-state index contributed by atoms with van der Waals surface area (Å²) >= 11 is 0. The topological polar surface area (TPSA) is 102 Å². The summed E-state index contributed by atoms with van der Waals surface area (Å²) < 4.78 is 30.5. The van der Waals surface area contributed by atoms with Crippen molar-refractivity contribution < 1.29 is 13.2 Å². The molecular weight excluding hydrogens is 368 g/mol. The van der Waals surface area contributed by atoms with E-state index in [9.17, 15) is 13.2 Å². The van der Waals surface area contributed by atoms with Gasteiger partial charge in [-0.3, -0.25) is 14.2 Å². The zero-order valence-electron chi connectivity index (χ0n) is 16.1. The highest BCUT2D eigenvalue weighted by atomic mass is 32.2. The standard InChI is InChI=1S/C17H26N6O3S/c1-12-15(10-21(3)20-12)8-18-17(24)14-6-5-7-23(11-14)27(25,26)16-9-19-22(4)13(16)2/h9-10,14H,5-8,11H2,1-4H3,(H,18,24). The van der Waals surface area contributed by atoms with Crippen molar-refractivity contribution in [1.82, 2.24) is 29.2 Å². The minimum Gasteiger partial charge on any atom is -0.352 e. The Hall–Kier alpha value is -2.20. The molecule has 1 unspecified atom stereocenters. The molecule has 1 fully saturated rings. The Balaban J connectivity index is 1.67. The normalized spacial score (nSPS) is 18.6. The minimum absolute atomic E-state index is 0.124. The fourth-order valence-corrected chi connectivity index (χ4v) is 5.10. The van der Waals surface area contributed by atoms with Gasteiger partial charge in [-0.2, -0.15) is 14.5 Å². The Morgan fingerprint density at radius 1 is 1.33 bits per heavy atom. The molecule has 3 heterocycles. The first kappa shape index (κ1) is 19.6. The molecule has 2 aromatic rings. The molecule has 1 saturated heterocycles. The number of carbonyl (C=O) groups is 1. The number of aromatic nitrogens is 4. The Labute approximate surface area is 159 Å². The van der Waals surface area contributed by atoms with Crippen LogP contribution in [0.2, 0.25) is 0 Å². The van der Waals surface area contributed by atoms with Gasteiger partial charge in [-0.15, -0.1) is 0 Å². The molecule has 0 aliphatic carbocycles. The van der Waals surface area contributed by atoms with Crippen LogP contribution < -0.4 is 5.32 Å². The van der Waals surface area contributed by atoms with E-state index in [1.165, 1.54) is 15.2 Å². The van der Waals surface area contributed by atoms with Crippen LogP contribution in [-0.2, 0) is 35.5 Å². The van der Waals surface area contributed by atoms with Crippen molar-refractivity contribution >= 4 is 15.9 Å². The van der Waals surface area contributed by atoms with E-state index >= 15 is 0 Å². The molecular formula is C17H26N6O3S. The molecule has 1 amide bonds. The molecule has 3 rings (SSSR count).